The molecule has 2 aromatic rings. The number of benzene rings is 1. The Morgan fingerprint density at radius 1 is 1.50 bits per heavy atom. The fourth-order valence-corrected chi connectivity index (χ4v) is 1.84. The van der Waals surface area contributed by atoms with Crippen LogP contribution in [0.25, 0.3) is 5.69 Å². The fraction of sp³-hybridized carbons (Fsp3) is 0.143. The van der Waals surface area contributed by atoms with Crippen LogP contribution >= 0.6 is 0 Å². The van der Waals surface area contributed by atoms with Crippen LogP contribution in [0.2, 0.25) is 0 Å². The second-order valence-corrected chi connectivity index (χ2v) is 4.12. The van der Waals surface area contributed by atoms with Crippen molar-refractivity contribution < 1.29 is 23.8 Å². The van der Waals surface area contributed by atoms with Gasteiger partial charge in [0, 0.05) is 0 Å². The molecule has 7 nitrogen and oxygen atoms in total. The second kappa shape index (κ2) is 6.05. The number of halogens is 1. The van der Waals surface area contributed by atoms with Crippen molar-refractivity contribution >= 4 is 11.9 Å². The third-order valence-electron chi connectivity index (χ3n) is 2.78. The summed E-state index contributed by atoms with van der Waals surface area (Å²) in [5.74, 6) is -2.96. The van der Waals surface area contributed by atoms with E-state index in [0.29, 0.717) is 0 Å². The lowest BCUT2D eigenvalue weighted by Crippen LogP contribution is -2.14. The molecule has 2 rings (SSSR count). The Morgan fingerprint density at radius 3 is 2.82 bits per heavy atom. The van der Waals surface area contributed by atoms with Crippen molar-refractivity contribution in [2.75, 3.05) is 6.61 Å². The van der Waals surface area contributed by atoms with Gasteiger partial charge in [-0.1, -0.05) is 0 Å². The summed E-state index contributed by atoms with van der Waals surface area (Å²) < 4.78 is 19.0. The summed E-state index contributed by atoms with van der Waals surface area (Å²) in [6.07, 6.45) is 1.05. The number of hydrogen-bond donors (Lipinski definition) is 1. The van der Waals surface area contributed by atoms with E-state index in [1.165, 1.54) is 6.07 Å². The molecule has 0 aliphatic carbocycles. The normalized spacial score (nSPS) is 10.0. The Balaban J connectivity index is 2.60. The molecule has 0 radical (unpaired) electrons. The maximum Gasteiger partial charge on any atom is 0.355 e. The molecule has 1 aromatic carbocycles. The molecule has 0 amide bonds. The van der Waals surface area contributed by atoms with Gasteiger partial charge >= 0.3 is 11.9 Å². The van der Waals surface area contributed by atoms with E-state index in [1.54, 1.807) is 13.0 Å². The maximum atomic E-state index is 13.3. The number of carbonyl (C=O) groups excluding carboxylic acids is 1. The van der Waals surface area contributed by atoms with Crippen LogP contribution in [-0.4, -0.2) is 33.4 Å². The van der Waals surface area contributed by atoms with E-state index in [2.05, 4.69) is 5.10 Å². The molecule has 0 fully saturated rings. The zero-order valence-electron chi connectivity index (χ0n) is 11.4. The van der Waals surface area contributed by atoms with E-state index in [9.17, 15) is 19.1 Å². The monoisotopic (exact) mass is 303 g/mol. The van der Waals surface area contributed by atoms with E-state index >= 15 is 0 Å². The number of aromatic nitrogens is 2. The van der Waals surface area contributed by atoms with Crippen LogP contribution in [0.1, 0.15) is 33.3 Å². The topological polar surface area (TPSA) is 105 Å². The SMILES string of the molecule is CCOC(=O)c1cnn(-c2ccc(F)c(C#N)c2)c1C(=O)O. The Labute approximate surface area is 124 Å². The predicted molar refractivity (Wildman–Crippen MR) is 71.2 cm³/mol. The number of nitrogens with zero attached hydrogens (tertiary/aromatic N) is 3. The van der Waals surface area contributed by atoms with Gasteiger partial charge in [0.25, 0.3) is 0 Å². The quantitative estimate of drug-likeness (QED) is 0.863. The summed E-state index contributed by atoms with van der Waals surface area (Å²) in [5.41, 5.74) is -0.765. The van der Waals surface area contributed by atoms with E-state index in [-0.39, 0.29) is 23.4 Å². The number of rotatable bonds is 4. The molecule has 112 valence electrons. The Bertz CT molecular complexity index is 792. The number of ether oxygens (including phenoxy) is 1. The van der Waals surface area contributed by atoms with Crippen molar-refractivity contribution in [3.8, 4) is 11.8 Å². The van der Waals surface area contributed by atoms with Crippen molar-refractivity contribution in [1.29, 1.82) is 5.26 Å². The standard InChI is InChI=1S/C14H10FN3O4/c1-2-22-14(21)10-7-17-18(12(10)13(19)20)9-3-4-11(15)8(5-9)6-16/h3-5,7H,2H2,1H3,(H,19,20). The fourth-order valence-electron chi connectivity index (χ4n) is 1.84. The smallest absolute Gasteiger partial charge is 0.355 e. The predicted octanol–water partition coefficient (Wildman–Crippen LogP) is 1.76. The summed E-state index contributed by atoms with van der Waals surface area (Å²) in [6, 6.07) is 5.06. The van der Waals surface area contributed by atoms with Gasteiger partial charge in [-0.3, -0.25) is 0 Å². The van der Waals surface area contributed by atoms with Crippen LogP contribution in [0.4, 0.5) is 4.39 Å². The van der Waals surface area contributed by atoms with Crippen LogP contribution in [-0.2, 0) is 4.74 Å². The molecule has 0 saturated carbocycles. The molecule has 0 saturated heterocycles. The van der Waals surface area contributed by atoms with Gasteiger partial charge in [-0.2, -0.15) is 10.4 Å². The zero-order chi connectivity index (χ0) is 16.3. The van der Waals surface area contributed by atoms with Crippen molar-refractivity contribution in [3.63, 3.8) is 0 Å². The van der Waals surface area contributed by atoms with Crippen molar-refractivity contribution in [2.45, 2.75) is 6.92 Å². The van der Waals surface area contributed by atoms with E-state index in [4.69, 9.17) is 10.00 Å². The first-order chi connectivity index (χ1) is 10.5. The Hall–Kier alpha value is -3.21. The van der Waals surface area contributed by atoms with Gasteiger partial charge in [0.1, 0.15) is 17.4 Å². The molecule has 0 aliphatic heterocycles. The van der Waals surface area contributed by atoms with Gasteiger partial charge in [0.15, 0.2) is 5.69 Å². The second-order valence-electron chi connectivity index (χ2n) is 4.12. The molecule has 0 bridgehead atoms. The number of hydrogen-bond acceptors (Lipinski definition) is 5. The number of carbonyl (C=O) groups is 2. The summed E-state index contributed by atoms with van der Waals surface area (Å²) in [7, 11) is 0. The lowest BCUT2D eigenvalue weighted by molar-refractivity contribution is 0.0513. The third-order valence-corrected chi connectivity index (χ3v) is 2.78. The average molecular weight is 303 g/mol. The average Bonchev–Trinajstić information content (AvgIpc) is 2.93. The van der Waals surface area contributed by atoms with Gasteiger partial charge in [-0.05, 0) is 25.1 Å². The number of esters is 1. The van der Waals surface area contributed by atoms with Gasteiger partial charge in [-0.15, -0.1) is 0 Å². The summed E-state index contributed by atoms with van der Waals surface area (Å²) >= 11 is 0. The highest BCUT2D eigenvalue weighted by Crippen LogP contribution is 2.18. The molecule has 1 aromatic heterocycles. The van der Waals surface area contributed by atoms with Crippen molar-refractivity contribution in [3.05, 3.63) is 47.0 Å². The van der Waals surface area contributed by atoms with E-state index in [1.807, 2.05) is 0 Å². The molecule has 0 unspecified atom stereocenters. The lowest BCUT2D eigenvalue weighted by atomic mass is 10.2. The molecule has 1 heterocycles. The van der Waals surface area contributed by atoms with Crippen molar-refractivity contribution in [2.24, 2.45) is 0 Å². The highest BCUT2D eigenvalue weighted by Gasteiger charge is 2.25. The van der Waals surface area contributed by atoms with Crippen LogP contribution in [0.15, 0.2) is 24.4 Å². The van der Waals surface area contributed by atoms with Crippen LogP contribution in [0, 0.1) is 17.1 Å². The molecular formula is C14H10FN3O4. The molecule has 1 N–H and O–H groups in total. The molecule has 0 aliphatic rings. The van der Waals surface area contributed by atoms with Crippen LogP contribution in [0.5, 0.6) is 0 Å². The Kier molecular flexibility index (Phi) is 4.18. The highest BCUT2D eigenvalue weighted by atomic mass is 19.1. The molecule has 0 atom stereocenters. The number of nitriles is 1. The third kappa shape index (κ3) is 2.64. The molecule has 22 heavy (non-hydrogen) atoms. The van der Waals surface area contributed by atoms with Gasteiger partial charge in [0.05, 0.1) is 24.1 Å². The molecule has 8 heteroatoms. The van der Waals surface area contributed by atoms with E-state index in [0.717, 1.165) is 23.0 Å². The minimum Gasteiger partial charge on any atom is -0.476 e. The van der Waals surface area contributed by atoms with Gasteiger partial charge in [-0.25, -0.2) is 18.7 Å². The summed E-state index contributed by atoms with van der Waals surface area (Å²) in [4.78, 5) is 23.1. The first-order valence-electron chi connectivity index (χ1n) is 6.18. The number of aromatic carboxylic acids is 1. The summed E-state index contributed by atoms with van der Waals surface area (Å²) in [5, 5.41) is 21.9. The largest absolute Gasteiger partial charge is 0.476 e. The molecule has 0 spiro atoms. The Morgan fingerprint density at radius 2 is 2.23 bits per heavy atom. The van der Waals surface area contributed by atoms with Gasteiger partial charge < -0.3 is 9.84 Å². The van der Waals surface area contributed by atoms with E-state index < -0.39 is 23.4 Å². The zero-order valence-corrected chi connectivity index (χ0v) is 11.4. The maximum absolute atomic E-state index is 13.3. The molecular weight excluding hydrogens is 293 g/mol. The highest BCUT2D eigenvalue weighted by molar-refractivity contribution is 6.01. The van der Waals surface area contributed by atoms with Crippen LogP contribution in [0.3, 0.4) is 0 Å². The number of carboxylic acid groups (broad SMARTS) is 1. The minimum absolute atomic E-state index is 0.0815. The minimum atomic E-state index is -1.40. The number of carboxylic acids is 1. The van der Waals surface area contributed by atoms with Gasteiger partial charge in [0.2, 0.25) is 0 Å². The van der Waals surface area contributed by atoms with Crippen LogP contribution < -0.4 is 0 Å². The summed E-state index contributed by atoms with van der Waals surface area (Å²) in [6.45, 7) is 1.67. The lowest BCUT2D eigenvalue weighted by Gasteiger charge is -2.06. The first kappa shape index (κ1) is 15.2. The first-order valence-corrected chi connectivity index (χ1v) is 6.18. The van der Waals surface area contributed by atoms with Crippen molar-refractivity contribution in [1.82, 2.24) is 9.78 Å².